The van der Waals surface area contributed by atoms with Crippen LogP contribution in [0.1, 0.15) is 37.2 Å². The van der Waals surface area contributed by atoms with E-state index in [-0.39, 0.29) is 28.5 Å². The van der Waals surface area contributed by atoms with Gasteiger partial charge in [-0.1, -0.05) is 11.6 Å². The number of amides is 2. The quantitative estimate of drug-likeness (QED) is 0.550. The molecule has 1 aliphatic rings. The standard InChI is InChI=1S/C22H20ClF2N3O/c23-14-3-7-21(19(25)11-14)28-22(29)27-16-5-1-13(2-6-16)17-9-10-26-20-8-4-15(24)12-18(17)20/h3-4,7-13,16H,1-2,5-6H2,(H2,27,28,29)/t13-,16-. The molecule has 0 saturated heterocycles. The fourth-order valence-corrected chi connectivity index (χ4v) is 4.14. The van der Waals surface area contributed by atoms with E-state index in [0.29, 0.717) is 0 Å². The van der Waals surface area contributed by atoms with Crippen LogP contribution in [-0.2, 0) is 0 Å². The van der Waals surface area contributed by atoms with Crippen LogP contribution in [0.3, 0.4) is 0 Å². The highest BCUT2D eigenvalue weighted by molar-refractivity contribution is 6.30. The van der Waals surface area contributed by atoms with E-state index < -0.39 is 11.8 Å². The third-order valence-electron chi connectivity index (χ3n) is 5.42. The lowest BCUT2D eigenvalue weighted by Gasteiger charge is -2.30. The van der Waals surface area contributed by atoms with Gasteiger partial charge in [-0.05, 0) is 79.6 Å². The van der Waals surface area contributed by atoms with Gasteiger partial charge >= 0.3 is 6.03 Å². The van der Waals surface area contributed by atoms with Gasteiger partial charge in [-0.15, -0.1) is 0 Å². The van der Waals surface area contributed by atoms with Crippen LogP contribution >= 0.6 is 11.6 Å². The lowest BCUT2D eigenvalue weighted by atomic mass is 9.80. The molecule has 0 unspecified atom stereocenters. The number of carbonyl (C=O) groups is 1. The Kier molecular flexibility index (Phi) is 5.62. The number of rotatable bonds is 3. The third-order valence-corrected chi connectivity index (χ3v) is 5.65. The van der Waals surface area contributed by atoms with Gasteiger partial charge in [0.05, 0.1) is 11.2 Å². The predicted molar refractivity (Wildman–Crippen MR) is 110 cm³/mol. The van der Waals surface area contributed by atoms with E-state index in [0.717, 1.165) is 48.2 Å². The van der Waals surface area contributed by atoms with E-state index in [1.807, 2.05) is 6.07 Å². The summed E-state index contributed by atoms with van der Waals surface area (Å²) in [4.78, 5) is 16.5. The molecule has 1 heterocycles. The van der Waals surface area contributed by atoms with Crippen LogP contribution in [0.2, 0.25) is 5.02 Å². The van der Waals surface area contributed by atoms with Crippen molar-refractivity contribution in [2.75, 3.05) is 5.32 Å². The molecule has 1 fully saturated rings. The molecule has 4 rings (SSSR count). The highest BCUT2D eigenvalue weighted by Gasteiger charge is 2.25. The molecular formula is C22H20ClF2N3O. The van der Waals surface area contributed by atoms with Crippen molar-refractivity contribution in [3.8, 4) is 0 Å². The Morgan fingerprint density at radius 3 is 2.59 bits per heavy atom. The number of pyridine rings is 1. The van der Waals surface area contributed by atoms with Crippen molar-refractivity contribution in [2.45, 2.75) is 37.6 Å². The normalized spacial score (nSPS) is 19.1. The monoisotopic (exact) mass is 415 g/mol. The number of hydrogen-bond donors (Lipinski definition) is 2. The zero-order valence-electron chi connectivity index (χ0n) is 15.6. The van der Waals surface area contributed by atoms with Crippen LogP contribution in [0.4, 0.5) is 19.3 Å². The summed E-state index contributed by atoms with van der Waals surface area (Å²) in [5.41, 5.74) is 1.97. The minimum absolute atomic E-state index is 0.00597. The minimum atomic E-state index is -0.576. The summed E-state index contributed by atoms with van der Waals surface area (Å²) in [5, 5.41) is 6.55. The number of carbonyl (C=O) groups excluding carboxylic acids is 1. The molecule has 1 aromatic heterocycles. The number of fused-ring (bicyclic) bond motifs is 1. The largest absolute Gasteiger partial charge is 0.335 e. The highest BCUT2D eigenvalue weighted by Crippen LogP contribution is 2.36. The second-order valence-electron chi connectivity index (χ2n) is 7.33. The fraction of sp³-hybridized carbons (Fsp3) is 0.273. The number of halogens is 3. The number of urea groups is 1. The van der Waals surface area contributed by atoms with Crippen molar-refractivity contribution in [1.29, 1.82) is 0 Å². The molecule has 0 aliphatic heterocycles. The molecule has 29 heavy (non-hydrogen) atoms. The van der Waals surface area contributed by atoms with Gasteiger partial charge in [0.15, 0.2) is 0 Å². The van der Waals surface area contributed by atoms with E-state index in [9.17, 15) is 13.6 Å². The summed E-state index contributed by atoms with van der Waals surface area (Å²) >= 11 is 5.73. The molecule has 3 aromatic rings. The summed E-state index contributed by atoms with van der Waals surface area (Å²) in [5.74, 6) is -0.557. The van der Waals surface area contributed by atoms with Gasteiger partial charge in [0, 0.05) is 22.6 Å². The maximum Gasteiger partial charge on any atom is 0.319 e. The number of nitrogens with one attached hydrogen (secondary N) is 2. The average Bonchev–Trinajstić information content (AvgIpc) is 2.70. The Hall–Kier alpha value is -2.73. The first-order valence-corrected chi connectivity index (χ1v) is 9.94. The maximum absolute atomic E-state index is 13.8. The van der Waals surface area contributed by atoms with Gasteiger partial charge < -0.3 is 10.6 Å². The molecule has 4 nitrogen and oxygen atoms in total. The SMILES string of the molecule is O=C(Nc1ccc(Cl)cc1F)N[C@H]1CC[C@H](c2ccnc3ccc(F)cc32)CC1. The lowest BCUT2D eigenvalue weighted by molar-refractivity contribution is 0.242. The maximum atomic E-state index is 13.8. The number of anilines is 1. The number of nitrogens with zero attached hydrogens (tertiary/aromatic N) is 1. The second-order valence-corrected chi connectivity index (χ2v) is 7.77. The van der Waals surface area contributed by atoms with Gasteiger partial charge in [-0.25, -0.2) is 13.6 Å². The number of benzene rings is 2. The first-order chi connectivity index (χ1) is 14.0. The molecule has 2 aromatic carbocycles. The summed E-state index contributed by atoms with van der Waals surface area (Å²) < 4.78 is 27.5. The Labute approximate surface area is 172 Å². The van der Waals surface area contributed by atoms with Crippen LogP contribution in [0, 0.1) is 11.6 Å². The summed E-state index contributed by atoms with van der Waals surface area (Å²) in [6.45, 7) is 0. The molecule has 1 aliphatic carbocycles. The van der Waals surface area contributed by atoms with E-state index in [4.69, 9.17) is 11.6 Å². The Morgan fingerprint density at radius 1 is 1.03 bits per heavy atom. The highest BCUT2D eigenvalue weighted by atomic mass is 35.5. The summed E-state index contributed by atoms with van der Waals surface area (Å²) in [6.07, 6.45) is 5.08. The zero-order valence-corrected chi connectivity index (χ0v) is 16.3. The lowest BCUT2D eigenvalue weighted by Crippen LogP contribution is -2.40. The first-order valence-electron chi connectivity index (χ1n) is 9.56. The molecule has 0 radical (unpaired) electrons. The van der Waals surface area contributed by atoms with Crippen LogP contribution in [0.5, 0.6) is 0 Å². The van der Waals surface area contributed by atoms with Gasteiger partial charge in [0.2, 0.25) is 0 Å². The fourth-order valence-electron chi connectivity index (χ4n) is 3.98. The Bertz CT molecular complexity index is 1050. The van der Waals surface area contributed by atoms with Crippen molar-refractivity contribution in [3.63, 3.8) is 0 Å². The molecule has 150 valence electrons. The minimum Gasteiger partial charge on any atom is -0.335 e. The number of aromatic nitrogens is 1. The Balaban J connectivity index is 1.37. The molecular weight excluding hydrogens is 396 g/mol. The molecule has 0 spiro atoms. The van der Waals surface area contributed by atoms with Crippen LogP contribution in [0.25, 0.3) is 10.9 Å². The van der Waals surface area contributed by atoms with Crippen molar-refractivity contribution < 1.29 is 13.6 Å². The molecule has 0 atom stereocenters. The van der Waals surface area contributed by atoms with Crippen LogP contribution in [0.15, 0.2) is 48.7 Å². The van der Waals surface area contributed by atoms with E-state index in [2.05, 4.69) is 15.6 Å². The van der Waals surface area contributed by atoms with Crippen molar-refractivity contribution in [1.82, 2.24) is 10.3 Å². The van der Waals surface area contributed by atoms with Gasteiger partial charge in [-0.3, -0.25) is 4.98 Å². The third kappa shape index (κ3) is 4.48. The topological polar surface area (TPSA) is 54.0 Å². The second kappa shape index (κ2) is 8.33. The Morgan fingerprint density at radius 2 is 1.83 bits per heavy atom. The number of hydrogen-bond acceptors (Lipinski definition) is 2. The van der Waals surface area contributed by atoms with Crippen LogP contribution < -0.4 is 10.6 Å². The summed E-state index contributed by atoms with van der Waals surface area (Å²) in [6, 6.07) is 10.3. The smallest absolute Gasteiger partial charge is 0.319 e. The molecule has 1 saturated carbocycles. The van der Waals surface area contributed by atoms with Crippen molar-refractivity contribution in [3.05, 3.63) is 70.9 Å². The van der Waals surface area contributed by atoms with Crippen LogP contribution in [-0.4, -0.2) is 17.1 Å². The van der Waals surface area contributed by atoms with Gasteiger partial charge in [-0.2, -0.15) is 0 Å². The van der Waals surface area contributed by atoms with Gasteiger partial charge in [0.25, 0.3) is 0 Å². The van der Waals surface area contributed by atoms with E-state index in [1.54, 1.807) is 12.3 Å². The molecule has 0 bridgehead atoms. The average molecular weight is 416 g/mol. The molecule has 2 amide bonds. The predicted octanol–water partition coefficient (Wildman–Crippen LogP) is 6.01. The van der Waals surface area contributed by atoms with Crippen molar-refractivity contribution >= 4 is 34.2 Å². The summed E-state index contributed by atoms with van der Waals surface area (Å²) in [7, 11) is 0. The molecule has 2 N–H and O–H groups in total. The van der Waals surface area contributed by atoms with Crippen molar-refractivity contribution in [2.24, 2.45) is 0 Å². The zero-order chi connectivity index (χ0) is 20.4. The van der Waals surface area contributed by atoms with E-state index in [1.165, 1.54) is 24.3 Å². The van der Waals surface area contributed by atoms with Gasteiger partial charge in [0.1, 0.15) is 11.6 Å². The first kappa shape index (κ1) is 19.6. The van der Waals surface area contributed by atoms with E-state index >= 15 is 0 Å². The molecule has 7 heteroatoms.